The maximum atomic E-state index is 11.5. The molecular formula is C11H11ClO3. The number of carbonyl (C=O) groups is 1. The smallest absolute Gasteiger partial charge is 0.313 e. The highest BCUT2D eigenvalue weighted by Crippen LogP contribution is 2.35. The van der Waals surface area contributed by atoms with Gasteiger partial charge in [0.25, 0.3) is 0 Å². The Morgan fingerprint density at radius 1 is 1.60 bits per heavy atom. The van der Waals surface area contributed by atoms with E-state index in [0.717, 1.165) is 11.3 Å². The lowest BCUT2D eigenvalue weighted by atomic mass is 9.93. The lowest BCUT2D eigenvalue weighted by Crippen LogP contribution is -2.22. The van der Waals surface area contributed by atoms with Gasteiger partial charge in [0.1, 0.15) is 5.75 Å². The Morgan fingerprint density at radius 2 is 2.40 bits per heavy atom. The molecule has 1 aliphatic rings. The summed E-state index contributed by atoms with van der Waals surface area (Å²) in [5, 5.41) is 0.605. The largest absolute Gasteiger partial charge is 0.493 e. The van der Waals surface area contributed by atoms with E-state index in [4.69, 9.17) is 21.1 Å². The number of hydrogen-bond acceptors (Lipinski definition) is 3. The topological polar surface area (TPSA) is 35.5 Å². The molecule has 1 atom stereocenters. The minimum atomic E-state index is -0.252. The van der Waals surface area contributed by atoms with Gasteiger partial charge in [-0.05, 0) is 24.6 Å². The summed E-state index contributed by atoms with van der Waals surface area (Å²) in [4.78, 5) is 11.5. The van der Waals surface area contributed by atoms with Crippen LogP contribution in [0.25, 0.3) is 0 Å². The summed E-state index contributed by atoms with van der Waals surface area (Å²) < 4.78 is 10.2. The van der Waals surface area contributed by atoms with E-state index in [2.05, 4.69) is 0 Å². The number of carbonyl (C=O) groups excluding carboxylic acids is 1. The van der Waals surface area contributed by atoms with Gasteiger partial charge in [-0.1, -0.05) is 11.6 Å². The minimum absolute atomic E-state index is 0.234. The van der Waals surface area contributed by atoms with Crippen LogP contribution in [0.3, 0.4) is 0 Å². The average Bonchev–Trinajstić information content (AvgIpc) is 2.27. The van der Waals surface area contributed by atoms with E-state index in [9.17, 15) is 4.79 Å². The summed E-state index contributed by atoms with van der Waals surface area (Å²) in [6, 6.07) is 5.30. The van der Waals surface area contributed by atoms with Crippen molar-refractivity contribution in [3.05, 3.63) is 28.8 Å². The van der Waals surface area contributed by atoms with Gasteiger partial charge in [0.05, 0.1) is 19.6 Å². The second-order valence-electron chi connectivity index (χ2n) is 3.40. The van der Waals surface area contributed by atoms with Crippen LogP contribution >= 0.6 is 11.6 Å². The number of ether oxygens (including phenoxy) is 2. The number of halogens is 1. The molecule has 0 aliphatic carbocycles. The molecule has 1 unspecified atom stereocenters. The Labute approximate surface area is 92.9 Å². The molecule has 0 bridgehead atoms. The van der Waals surface area contributed by atoms with E-state index in [1.807, 2.05) is 0 Å². The Bertz CT molecular complexity index is 389. The molecule has 2 rings (SSSR count). The quantitative estimate of drug-likeness (QED) is 0.690. The molecule has 0 spiro atoms. The first kappa shape index (κ1) is 10.3. The highest BCUT2D eigenvalue weighted by molar-refractivity contribution is 6.30. The van der Waals surface area contributed by atoms with Gasteiger partial charge in [0.15, 0.2) is 0 Å². The zero-order valence-electron chi connectivity index (χ0n) is 8.33. The first-order chi connectivity index (χ1) is 7.22. The molecule has 0 radical (unpaired) electrons. The van der Waals surface area contributed by atoms with Crippen molar-refractivity contribution in [2.45, 2.75) is 12.3 Å². The molecule has 80 valence electrons. The SMILES string of the molecule is COC(=O)C1CCOc2ccc(Cl)cc21. The van der Waals surface area contributed by atoms with Crippen LogP contribution in [0.5, 0.6) is 5.75 Å². The first-order valence-electron chi connectivity index (χ1n) is 4.72. The van der Waals surface area contributed by atoms with Crippen LogP contribution in [0.2, 0.25) is 5.02 Å². The molecule has 0 saturated carbocycles. The molecule has 0 aromatic heterocycles. The molecule has 0 fully saturated rings. The molecule has 0 amide bonds. The van der Waals surface area contributed by atoms with Crippen molar-refractivity contribution in [2.24, 2.45) is 0 Å². The maximum absolute atomic E-state index is 11.5. The van der Waals surface area contributed by atoms with E-state index in [1.165, 1.54) is 7.11 Å². The summed E-state index contributed by atoms with van der Waals surface area (Å²) in [6.07, 6.45) is 0.639. The van der Waals surface area contributed by atoms with Gasteiger partial charge in [0, 0.05) is 10.6 Å². The second-order valence-corrected chi connectivity index (χ2v) is 3.83. The van der Waals surface area contributed by atoms with Crippen LogP contribution in [-0.4, -0.2) is 19.7 Å². The summed E-state index contributed by atoms with van der Waals surface area (Å²) >= 11 is 5.88. The third-order valence-corrected chi connectivity index (χ3v) is 2.73. The molecule has 1 aromatic carbocycles. The number of fused-ring (bicyclic) bond motifs is 1. The van der Waals surface area contributed by atoms with E-state index < -0.39 is 0 Å². The van der Waals surface area contributed by atoms with Crippen LogP contribution in [0.1, 0.15) is 17.9 Å². The monoisotopic (exact) mass is 226 g/mol. The lowest BCUT2D eigenvalue weighted by Gasteiger charge is -2.24. The standard InChI is InChI=1S/C11H11ClO3/c1-14-11(13)8-4-5-15-10-3-2-7(12)6-9(8)10/h2-3,6,8H,4-5H2,1H3. The molecule has 1 aromatic rings. The van der Waals surface area contributed by atoms with Gasteiger partial charge in [-0.25, -0.2) is 0 Å². The van der Waals surface area contributed by atoms with Gasteiger partial charge >= 0.3 is 5.97 Å². The van der Waals surface area contributed by atoms with Crippen LogP contribution in [-0.2, 0) is 9.53 Å². The molecule has 15 heavy (non-hydrogen) atoms. The minimum Gasteiger partial charge on any atom is -0.493 e. The Kier molecular flexibility index (Phi) is 2.82. The second kappa shape index (κ2) is 4.11. The summed E-state index contributed by atoms with van der Waals surface area (Å²) in [6.45, 7) is 0.536. The first-order valence-corrected chi connectivity index (χ1v) is 5.10. The summed E-state index contributed by atoms with van der Waals surface area (Å²) in [5.41, 5.74) is 0.820. The Hall–Kier alpha value is -1.22. The normalized spacial score (nSPS) is 18.9. The van der Waals surface area contributed by atoms with Gasteiger partial charge in [0.2, 0.25) is 0 Å². The Morgan fingerprint density at radius 3 is 3.13 bits per heavy atom. The fourth-order valence-corrected chi connectivity index (χ4v) is 1.93. The highest BCUT2D eigenvalue weighted by atomic mass is 35.5. The zero-order valence-corrected chi connectivity index (χ0v) is 9.08. The highest BCUT2D eigenvalue weighted by Gasteiger charge is 2.28. The van der Waals surface area contributed by atoms with Crippen molar-refractivity contribution in [3.8, 4) is 5.75 Å². The maximum Gasteiger partial charge on any atom is 0.313 e. The van der Waals surface area contributed by atoms with Crippen molar-refractivity contribution < 1.29 is 14.3 Å². The number of methoxy groups -OCH3 is 1. The molecule has 0 N–H and O–H groups in total. The van der Waals surface area contributed by atoms with Crippen LogP contribution in [0.15, 0.2) is 18.2 Å². The molecule has 1 aliphatic heterocycles. The number of esters is 1. The number of benzene rings is 1. The molecule has 1 heterocycles. The van der Waals surface area contributed by atoms with Gasteiger partial charge in [-0.15, -0.1) is 0 Å². The summed E-state index contributed by atoms with van der Waals surface area (Å²) in [7, 11) is 1.39. The predicted molar refractivity (Wildman–Crippen MR) is 56.3 cm³/mol. The fourth-order valence-electron chi connectivity index (χ4n) is 1.75. The Balaban J connectivity index is 2.40. The summed E-state index contributed by atoms with van der Waals surface area (Å²) in [5.74, 6) is 0.236. The van der Waals surface area contributed by atoms with Crippen molar-refractivity contribution in [2.75, 3.05) is 13.7 Å². The van der Waals surface area contributed by atoms with Crippen molar-refractivity contribution in [1.29, 1.82) is 0 Å². The molecule has 4 heteroatoms. The average molecular weight is 227 g/mol. The van der Waals surface area contributed by atoms with Crippen molar-refractivity contribution >= 4 is 17.6 Å². The van der Waals surface area contributed by atoms with E-state index in [-0.39, 0.29) is 11.9 Å². The third kappa shape index (κ3) is 1.92. The zero-order chi connectivity index (χ0) is 10.8. The van der Waals surface area contributed by atoms with Crippen LogP contribution < -0.4 is 4.74 Å². The van der Waals surface area contributed by atoms with Crippen molar-refractivity contribution in [1.82, 2.24) is 0 Å². The van der Waals surface area contributed by atoms with Gasteiger partial charge < -0.3 is 9.47 Å². The van der Waals surface area contributed by atoms with E-state index in [1.54, 1.807) is 18.2 Å². The third-order valence-electron chi connectivity index (χ3n) is 2.50. The van der Waals surface area contributed by atoms with Crippen molar-refractivity contribution in [3.63, 3.8) is 0 Å². The van der Waals surface area contributed by atoms with E-state index >= 15 is 0 Å². The van der Waals surface area contributed by atoms with Gasteiger partial charge in [-0.2, -0.15) is 0 Å². The lowest BCUT2D eigenvalue weighted by molar-refractivity contribution is -0.143. The van der Waals surface area contributed by atoms with Crippen LogP contribution in [0.4, 0.5) is 0 Å². The fraction of sp³-hybridized carbons (Fsp3) is 0.364. The van der Waals surface area contributed by atoms with Crippen LogP contribution in [0, 0.1) is 0 Å². The molecular weight excluding hydrogens is 216 g/mol. The number of hydrogen-bond donors (Lipinski definition) is 0. The molecule has 0 saturated heterocycles. The van der Waals surface area contributed by atoms with E-state index in [0.29, 0.717) is 18.1 Å². The van der Waals surface area contributed by atoms with Gasteiger partial charge in [-0.3, -0.25) is 4.79 Å². The number of rotatable bonds is 1. The molecule has 3 nitrogen and oxygen atoms in total. The predicted octanol–water partition coefficient (Wildman–Crippen LogP) is 2.38.